The van der Waals surface area contributed by atoms with E-state index < -0.39 is 0 Å². The fourth-order valence-corrected chi connectivity index (χ4v) is 3.10. The van der Waals surface area contributed by atoms with E-state index in [0.29, 0.717) is 6.61 Å². The molecule has 0 bridgehead atoms. The third-order valence-electron chi connectivity index (χ3n) is 4.30. The Labute approximate surface area is 133 Å². The number of anilines is 1. The first-order valence-electron chi connectivity index (χ1n) is 8.29. The summed E-state index contributed by atoms with van der Waals surface area (Å²) in [6.07, 6.45) is 5.48. The van der Waals surface area contributed by atoms with Crippen molar-refractivity contribution in [2.75, 3.05) is 19.0 Å². The van der Waals surface area contributed by atoms with E-state index in [-0.39, 0.29) is 17.9 Å². The molecule has 1 aliphatic heterocycles. The first-order chi connectivity index (χ1) is 10.7. The zero-order valence-electron chi connectivity index (χ0n) is 13.9. The molecule has 4 heteroatoms. The predicted molar refractivity (Wildman–Crippen MR) is 88.4 cm³/mol. The molecule has 1 N–H and O–H groups in total. The number of hydrogen-bond acceptors (Lipinski definition) is 4. The molecule has 0 fully saturated rings. The normalized spacial score (nSPS) is 20.0. The molecule has 1 aromatic carbocycles. The lowest BCUT2D eigenvalue weighted by Gasteiger charge is -2.33. The van der Waals surface area contributed by atoms with Crippen LogP contribution in [-0.4, -0.2) is 25.7 Å². The molecule has 4 nitrogen and oxygen atoms in total. The van der Waals surface area contributed by atoms with Gasteiger partial charge in [0.25, 0.3) is 0 Å². The van der Waals surface area contributed by atoms with Crippen LogP contribution < -0.4 is 10.1 Å². The fraction of sp³-hybridized carbons (Fsp3) is 0.611. The van der Waals surface area contributed by atoms with Crippen LogP contribution in [0.25, 0.3) is 0 Å². The van der Waals surface area contributed by atoms with Crippen LogP contribution in [0.3, 0.4) is 0 Å². The molecule has 2 rings (SSSR count). The van der Waals surface area contributed by atoms with Gasteiger partial charge in [-0.25, -0.2) is 4.79 Å². The Morgan fingerprint density at radius 1 is 1.32 bits per heavy atom. The van der Waals surface area contributed by atoms with Crippen molar-refractivity contribution < 1.29 is 14.3 Å². The molecule has 1 aliphatic rings. The molecule has 0 saturated heterocycles. The Balaban J connectivity index is 2.17. The summed E-state index contributed by atoms with van der Waals surface area (Å²) in [4.78, 5) is 12.3. The van der Waals surface area contributed by atoms with Gasteiger partial charge in [-0.3, -0.25) is 0 Å². The minimum atomic E-state index is -0.238. The van der Waals surface area contributed by atoms with Gasteiger partial charge in [0.2, 0.25) is 0 Å². The maximum atomic E-state index is 12.3. The third-order valence-corrected chi connectivity index (χ3v) is 4.30. The number of hydrogen-bond donors (Lipinski definition) is 1. The average Bonchev–Trinajstić information content (AvgIpc) is 2.54. The summed E-state index contributed by atoms with van der Waals surface area (Å²) in [5.41, 5.74) is 2.24. The Morgan fingerprint density at radius 2 is 2.14 bits per heavy atom. The average molecular weight is 305 g/mol. The van der Waals surface area contributed by atoms with Crippen LogP contribution in [0.2, 0.25) is 0 Å². The Morgan fingerprint density at radius 3 is 2.82 bits per heavy atom. The number of methoxy groups -OCH3 is 1. The van der Waals surface area contributed by atoms with E-state index in [0.717, 1.165) is 30.7 Å². The molecule has 0 radical (unpaired) electrons. The molecular formula is C18H27NO3. The molecule has 0 amide bonds. The van der Waals surface area contributed by atoms with Gasteiger partial charge in [-0.15, -0.1) is 0 Å². The van der Waals surface area contributed by atoms with Gasteiger partial charge in [-0.2, -0.15) is 0 Å². The van der Waals surface area contributed by atoms with Crippen molar-refractivity contribution in [3.63, 3.8) is 0 Å². The van der Waals surface area contributed by atoms with Gasteiger partial charge in [-0.05, 0) is 49.4 Å². The van der Waals surface area contributed by atoms with E-state index in [4.69, 9.17) is 9.47 Å². The smallest absolute Gasteiger partial charge is 0.328 e. The highest BCUT2D eigenvalue weighted by molar-refractivity contribution is 5.81. The van der Waals surface area contributed by atoms with Gasteiger partial charge in [-0.1, -0.05) is 26.2 Å². The molecule has 2 atom stereocenters. The zero-order valence-corrected chi connectivity index (χ0v) is 13.9. The van der Waals surface area contributed by atoms with Gasteiger partial charge >= 0.3 is 5.97 Å². The number of ether oxygens (including phenoxy) is 2. The first-order valence-corrected chi connectivity index (χ1v) is 8.29. The standard InChI is InChI=1S/C18H27NO3/c1-4-6-7-8-13-11-14-12-15(21-3)9-10-16(14)19-17(13)18(20)22-5-2/h9-10,12-13,17,19H,4-8,11H2,1-3H3. The topological polar surface area (TPSA) is 47.6 Å². The fourth-order valence-electron chi connectivity index (χ4n) is 3.10. The summed E-state index contributed by atoms with van der Waals surface area (Å²) in [6, 6.07) is 5.74. The van der Waals surface area contributed by atoms with Crippen LogP contribution in [0, 0.1) is 5.92 Å². The quantitative estimate of drug-likeness (QED) is 0.615. The lowest BCUT2D eigenvalue weighted by molar-refractivity contribution is -0.145. The Bertz CT molecular complexity index is 501. The second-order valence-corrected chi connectivity index (χ2v) is 5.86. The maximum Gasteiger partial charge on any atom is 0.328 e. The molecular weight excluding hydrogens is 278 g/mol. The number of unbranched alkanes of at least 4 members (excludes halogenated alkanes) is 2. The van der Waals surface area contributed by atoms with Gasteiger partial charge in [0.15, 0.2) is 0 Å². The zero-order chi connectivity index (χ0) is 15.9. The van der Waals surface area contributed by atoms with E-state index in [1.165, 1.54) is 18.4 Å². The summed E-state index contributed by atoms with van der Waals surface area (Å²) in [5, 5.41) is 3.38. The maximum absolute atomic E-state index is 12.3. The molecule has 1 aromatic rings. The molecule has 2 unspecified atom stereocenters. The van der Waals surface area contributed by atoms with Crippen molar-refractivity contribution in [2.24, 2.45) is 5.92 Å². The molecule has 1 heterocycles. The second-order valence-electron chi connectivity index (χ2n) is 5.86. The van der Waals surface area contributed by atoms with Crippen LogP contribution in [0.15, 0.2) is 18.2 Å². The van der Waals surface area contributed by atoms with E-state index in [2.05, 4.69) is 18.3 Å². The van der Waals surface area contributed by atoms with Crippen LogP contribution in [0.1, 0.15) is 45.1 Å². The highest BCUT2D eigenvalue weighted by Crippen LogP contribution is 2.34. The number of nitrogens with one attached hydrogen (secondary N) is 1. The highest BCUT2D eigenvalue weighted by atomic mass is 16.5. The van der Waals surface area contributed by atoms with Crippen LogP contribution in [-0.2, 0) is 16.0 Å². The van der Waals surface area contributed by atoms with E-state index in [1.54, 1.807) is 7.11 Å². The van der Waals surface area contributed by atoms with E-state index >= 15 is 0 Å². The van der Waals surface area contributed by atoms with Crippen molar-refractivity contribution in [1.29, 1.82) is 0 Å². The van der Waals surface area contributed by atoms with Gasteiger partial charge in [0.05, 0.1) is 13.7 Å². The largest absolute Gasteiger partial charge is 0.497 e. The summed E-state index contributed by atoms with van der Waals surface area (Å²) in [5.74, 6) is 1.01. The number of carbonyl (C=O) groups excluding carboxylic acids is 1. The molecule has 22 heavy (non-hydrogen) atoms. The van der Waals surface area contributed by atoms with Crippen LogP contribution in [0.4, 0.5) is 5.69 Å². The van der Waals surface area contributed by atoms with Crippen molar-refractivity contribution in [3.05, 3.63) is 23.8 Å². The minimum absolute atomic E-state index is 0.134. The highest BCUT2D eigenvalue weighted by Gasteiger charge is 2.34. The van der Waals surface area contributed by atoms with Crippen molar-refractivity contribution in [2.45, 2.75) is 52.0 Å². The Hall–Kier alpha value is -1.71. The van der Waals surface area contributed by atoms with Crippen molar-refractivity contribution in [1.82, 2.24) is 0 Å². The predicted octanol–water partition coefficient (Wildman–Crippen LogP) is 3.79. The van der Waals surface area contributed by atoms with E-state index in [9.17, 15) is 4.79 Å². The summed E-state index contributed by atoms with van der Waals surface area (Å²) < 4.78 is 10.6. The Kier molecular flexibility index (Phi) is 6.10. The molecule has 0 aromatic heterocycles. The third kappa shape index (κ3) is 3.93. The van der Waals surface area contributed by atoms with Crippen LogP contribution in [0.5, 0.6) is 5.75 Å². The van der Waals surface area contributed by atoms with Crippen molar-refractivity contribution >= 4 is 11.7 Å². The number of benzene rings is 1. The summed E-state index contributed by atoms with van der Waals surface area (Å²) in [6.45, 7) is 4.47. The van der Waals surface area contributed by atoms with Gasteiger partial charge in [0, 0.05) is 5.69 Å². The number of fused-ring (bicyclic) bond motifs is 1. The molecule has 0 spiro atoms. The molecule has 122 valence electrons. The SMILES string of the molecule is CCCCCC1Cc2cc(OC)ccc2NC1C(=O)OCC. The first kappa shape index (κ1) is 16.7. The van der Waals surface area contributed by atoms with Gasteiger partial charge < -0.3 is 14.8 Å². The summed E-state index contributed by atoms with van der Waals surface area (Å²) >= 11 is 0. The lowest BCUT2D eigenvalue weighted by atomic mass is 9.83. The second kappa shape index (κ2) is 8.06. The number of carbonyl (C=O) groups is 1. The molecule has 0 aliphatic carbocycles. The number of esters is 1. The monoisotopic (exact) mass is 305 g/mol. The van der Waals surface area contributed by atoms with E-state index in [1.807, 2.05) is 19.1 Å². The van der Waals surface area contributed by atoms with Crippen molar-refractivity contribution in [3.8, 4) is 5.75 Å². The summed E-state index contributed by atoms with van der Waals surface area (Å²) in [7, 11) is 1.68. The molecule has 0 saturated carbocycles. The number of rotatable bonds is 7. The van der Waals surface area contributed by atoms with Gasteiger partial charge in [0.1, 0.15) is 11.8 Å². The minimum Gasteiger partial charge on any atom is -0.497 e. The van der Waals surface area contributed by atoms with Crippen LogP contribution >= 0.6 is 0 Å². The lowest BCUT2D eigenvalue weighted by Crippen LogP contribution is -2.42.